The van der Waals surface area contributed by atoms with E-state index in [0.29, 0.717) is 18.0 Å². The first-order valence-corrected chi connectivity index (χ1v) is 4.59. The van der Waals surface area contributed by atoms with Crippen LogP contribution in [0.3, 0.4) is 0 Å². The molecule has 0 saturated carbocycles. The van der Waals surface area contributed by atoms with Gasteiger partial charge in [-0.15, -0.1) is 0 Å². The lowest BCUT2D eigenvalue weighted by atomic mass is 9.87. The van der Waals surface area contributed by atoms with Crippen molar-refractivity contribution in [2.45, 2.75) is 24.9 Å². The van der Waals surface area contributed by atoms with Gasteiger partial charge in [0.15, 0.2) is 0 Å². The summed E-state index contributed by atoms with van der Waals surface area (Å²) in [7, 11) is 0. The first-order chi connectivity index (χ1) is 5.92. The third-order valence-electron chi connectivity index (χ3n) is 2.88. The molecule has 4 heteroatoms. The highest BCUT2D eigenvalue weighted by molar-refractivity contribution is 5.92. The van der Waals surface area contributed by atoms with Gasteiger partial charge in [-0.3, -0.25) is 5.43 Å². The van der Waals surface area contributed by atoms with Gasteiger partial charge in [-0.2, -0.15) is 5.10 Å². The monoisotopic (exact) mass is 167 g/mol. The van der Waals surface area contributed by atoms with Crippen LogP contribution in [-0.4, -0.2) is 31.1 Å². The van der Waals surface area contributed by atoms with Gasteiger partial charge in [0.2, 0.25) is 0 Å². The standard InChI is InChI=1S/C8H13N3O/c1-5(8-10-11-8)2-7-4-12-3-6(1)9-7/h5-7,9H,1-4H2,(H,10,11). The first kappa shape index (κ1) is 6.86. The van der Waals surface area contributed by atoms with E-state index in [2.05, 4.69) is 15.8 Å². The summed E-state index contributed by atoms with van der Waals surface area (Å²) in [5.74, 6) is 1.89. The number of nitrogens with one attached hydrogen (secondary N) is 2. The Balaban J connectivity index is 1.71. The second kappa shape index (κ2) is 2.44. The number of rotatable bonds is 1. The fourth-order valence-electron chi connectivity index (χ4n) is 2.28. The van der Waals surface area contributed by atoms with Crippen molar-refractivity contribution in [3.8, 4) is 0 Å². The van der Waals surface area contributed by atoms with E-state index in [0.717, 1.165) is 13.2 Å². The zero-order valence-electron chi connectivity index (χ0n) is 6.92. The maximum atomic E-state index is 5.46. The number of piperidine rings is 1. The Bertz CT molecular complexity index is 216. The molecule has 2 bridgehead atoms. The molecule has 0 amide bonds. The molecule has 0 aromatic rings. The van der Waals surface area contributed by atoms with E-state index in [9.17, 15) is 0 Å². The molecular formula is C8H13N3O. The summed E-state index contributed by atoms with van der Waals surface area (Å²) in [6.45, 7) is 1.75. The molecule has 12 heavy (non-hydrogen) atoms. The molecule has 4 nitrogen and oxygen atoms in total. The van der Waals surface area contributed by atoms with Gasteiger partial charge in [0, 0.05) is 18.0 Å². The van der Waals surface area contributed by atoms with Crippen LogP contribution in [0.1, 0.15) is 12.8 Å². The number of nitrogens with zero attached hydrogens (tertiary/aromatic N) is 1. The van der Waals surface area contributed by atoms with Crippen molar-refractivity contribution < 1.29 is 4.74 Å². The number of hydrazone groups is 1. The number of fused-ring (bicyclic) bond motifs is 2. The molecule has 3 aliphatic rings. The second-order valence-electron chi connectivity index (χ2n) is 3.88. The predicted octanol–water partition coefficient (Wildman–Crippen LogP) is -0.330. The van der Waals surface area contributed by atoms with E-state index in [1.807, 2.05) is 0 Å². The summed E-state index contributed by atoms with van der Waals surface area (Å²) in [5.41, 5.74) is 2.97. The van der Waals surface area contributed by atoms with Crippen LogP contribution in [0.5, 0.6) is 0 Å². The quantitative estimate of drug-likeness (QED) is 0.562. The van der Waals surface area contributed by atoms with Crippen LogP contribution in [0.2, 0.25) is 0 Å². The third-order valence-corrected chi connectivity index (χ3v) is 2.88. The van der Waals surface area contributed by atoms with Crippen molar-refractivity contribution in [3.05, 3.63) is 0 Å². The van der Waals surface area contributed by atoms with E-state index < -0.39 is 0 Å². The molecule has 0 aromatic carbocycles. The summed E-state index contributed by atoms with van der Waals surface area (Å²) < 4.78 is 5.46. The van der Waals surface area contributed by atoms with Crippen LogP contribution in [-0.2, 0) is 4.74 Å². The smallest absolute Gasteiger partial charge is 0.146 e. The lowest BCUT2D eigenvalue weighted by Crippen LogP contribution is -2.54. The van der Waals surface area contributed by atoms with E-state index in [1.165, 1.54) is 18.7 Å². The molecule has 66 valence electrons. The van der Waals surface area contributed by atoms with Gasteiger partial charge in [-0.05, 0) is 12.8 Å². The summed E-state index contributed by atoms with van der Waals surface area (Å²) in [6.07, 6.45) is 2.37. The zero-order valence-corrected chi connectivity index (χ0v) is 6.92. The van der Waals surface area contributed by atoms with Gasteiger partial charge in [-0.25, -0.2) is 0 Å². The molecule has 0 spiro atoms. The van der Waals surface area contributed by atoms with Crippen molar-refractivity contribution in [1.29, 1.82) is 0 Å². The van der Waals surface area contributed by atoms with Crippen LogP contribution in [0.15, 0.2) is 5.10 Å². The maximum absolute atomic E-state index is 5.46. The average molecular weight is 167 g/mol. The molecule has 2 atom stereocenters. The van der Waals surface area contributed by atoms with Crippen molar-refractivity contribution in [2.75, 3.05) is 13.2 Å². The van der Waals surface area contributed by atoms with Gasteiger partial charge < -0.3 is 10.1 Å². The van der Waals surface area contributed by atoms with Gasteiger partial charge in [0.25, 0.3) is 0 Å². The predicted molar refractivity (Wildman–Crippen MR) is 44.8 cm³/mol. The minimum atomic E-state index is 0.563. The highest BCUT2D eigenvalue weighted by Crippen LogP contribution is 2.26. The minimum absolute atomic E-state index is 0.563. The zero-order chi connectivity index (χ0) is 7.97. The van der Waals surface area contributed by atoms with Crippen molar-refractivity contribution in [1.82, 2.24) is 10.7 Å². The molecule has 0 aromatic heterocycles. The van der Waals surface area contributed by atoms with Crippen LogP contribution < -0.4 is 10.7 Å². The van der Waals surface area contributed by atoms with Crippen molar-refractivity contribution in [2.24, 2.45) is 11.0 Å². The number of ether oxygens (including phenoxy) is 1. The van der Waals surface area contributed by atoms with Crippen LogP contribution in [0, 0.1) is 5.92 Å². The minimum Gasteiger partial charge on any atom is -0.378 e. The largest absolute Gasteiger partial charge is 0.378 e. The number of morpholine rings is 1. The lowest BCUT2D eigenvalue weighted by Gasteiger charge is -2.38. The van der Waals surface area contributed by atoms with E-state index in [4.69, 9.17) is 4.74 Å². The Labute approximate surface area is 71.4 Å². The molecule has 2 N–H and O–H groups in total. The fraction of sp³-hybridized carbons (Fsp3) is 0.875. The first-order valence-electron chi connectivity index (χ1n) is 4.59. The number of hydrogen-bond donors (Lipinski definition) is 2. The van der Waals surface area contributed by atoms with Crippen molar-refractivity contribution >= 4 is 5.84 Å². The highest BCUT2D eigenvalue weighted by Gasteiger charge is 2.36. The van der Waals surface area contributed by atoms with Crippen LogP contribution in [0.25, 0.3) is 0 Å². The molecule has 0 aliphatic carbocycles. The summed E-state index contributed by atoms with van der Waals surface area (Å²) in [6, 6.07) is 1.13. The van der Waals surface area contributed by atoms with E-state index >= 15 is 0 Å². The topological polar surface area (TPSA) is 55.6 Å². The van der Waals surface area contributed by atoms with E-state index in [1.54, 1.807) is 0 Å². The maximum Gasteiger partial charge on any atom is 0.146 e. The SMILES string of the molecule is C1OCC2CC(C3=NN3)CC1N2. The molecule has 2 fully saturated rings. The molecule has 3 aliphatic heterocycles. The van der Waals surface area contributed by atoms with Crippen LogP contribution >= 0.6 is 0 Å². The Morgan fingerprint density at radius 2 is 1.92 bits per heavy atom. The summed E-state index contributed by atoms with van der Waals surface area (Å²) in [5, 5.41) is 7.61. The van der Waals surface area contributed by atoms with Gasteiger partial charge in [0.1, 0.15) is 5.84 Å². The van der Waals surface area contributed by atoms with Crippen molar-refractivity contribution in [3.63, 3.8) is 0 Å². The van der Waals surface area contributed by atoms with E-state index in [-0.39, 0.29) is 0 Å². The Kier molecular flexibility index (Phi) is 1.39. The summed E-state index contributed by atoms with van der Waals surface area (Å²) in [4.78, 5) is 0. The van der Waals surface area contributed by atoms with Gasteiger partial charge >= 0.3 is 0 Å². The molecule has 2 saturated heterocycles. The summed E-state index contributed by atoms with van der Waals surface area (Å²) >= 11 is 0. The fourth-order valence-corrected chi connectivity index (χ4v) is 2.28. The second-order valence-corrected chi connectivity index (χ2v) is 3.88. The Morgan fingerprint density at radius 1 is 1.25 bits per heavy atom. The highest BCUT2D eigenvalue weighted by atomic mass is 16.5. The van der Waals surface area contributed by atoms with Gasteiger partial charge in [0.05, 0.1) is 13.2 Å². The number of amidine groups is 1. The molecule has 2 unspecified atom stereocenters. The molecule has 3 rings (SSSR count). The molecular weight excluding hydrogens is 154 g/mol. The molecule has 0 radical (unpaired) electrons. The van der Waals surface area contributed by atoms with Crippen LogP contribution in [0.4, 0.5) is 0 Å². The van der Waals surface area contributed by atoms with Gasteiger partial charge in [-0.1, -0.05) is 0 Å². The lowest BCUT2D eigenvalue weighted by molar-refractivity contribution is 0.0167. The average Bonchev–Trinajstić information content (AvgIpc) is 2.85. The Morgan fingerprint density at radius 3 is 2.50 bits per heavy atom. The Hall–Kier alpha value is -0.610. The number of hydrogen-bond acceptors (Lipinski definition) is 4. The molecule has 3 heterocycles. The third kappa shape index (κ3) is 1.11. The normalized spacial score (nSPS) is 44.7.